The van der Waals surface area contributed by atoms with Gasteiger partial charge in [-0.3, -0.25) is 18.6 Å². The topological polar surface area (TPSA) is 134 Å². The third-order valence-electron chi connectivity index (χ3n) is 16.2. The summed E-state index contributed by atoms with van der Waals surface area (Å²) in [6.07, 6.45) is 76.5. The fourth-order valence-corrected chi connectivity index (χ4v) is 11.8. The molecule has 0 aliphatic carbocycles. The van der Waals surface area contributed by atoms with Crippen LogP contribution in [0.1, 0.15) is 393 Å². The van der Waals surface area contributed by atoms with Gasteiger partial charge in [0.1, 0.15) is 6.61 Å². The Morgan fingerprint density at radius 2 is 0.551 bits per heavy atom. The average Bonchev–Trinajstić information content (AvgIpc) is 3.43. The van der Waals surface area contributed by atoms with Gasteiger partial charge in [0.2, 0.25) is 0 Å². The summed E-state index contributed by atoms with van der Waals surface area (Å²) >= 11 is 0. The second kappa shape index (κ2) is 65.2. The fraction of sp³-hybridized carbons (Fsp3) is 0.971. The van der Waals surface area contributed by atoms with E-state index < -0.39 is 26.5 Å². The third kappa shape index (κ3) is 64.2. The first-order chi connectivity index (χ1) is 38.3. The average molecular weight is 1130 g/mol. The molecular formula is C68H136NO8P. The highest BCUT2D eigenvalue weighted by Gasteiger charge is 2.26. The predicted octanol–water partition coefficient (Wildman–Crippen LogP) is 22.6. The summed E-state index contributed by atoms with van der Waals surface area (Å²) in [5, 5.41) is 0. The summed E-state index contributed by atoms with van der Waals surface area (Å²) in [4.78, 5) is 35.3. The lowest BCUT2D eigenvalue weighted by molar-refractivity contribution is -0.161. The van der Waals surface area contributed by atoms with E-state index in [4.69, 9.17) is 24.3 Å². The van der Waals surface area contributed by atoms with Gasteiger partial charge in [0.15, 0.2) is 6.10 Å². The van der Waals surface area contributed by atoms with E-state index in [1.54, 1.807) is 0 Å². The summed E-state index contributed by atoms with van der Waals surface area (Å²) in [6, 6.07) is 0. The molecule has 0 aromatic heterocycles. The van der Waals surface area contributed by atoms with E-state index in [1.165, 1.54) is 327 Å². The lowest BCUT2D eigenvalue weighted by Gasteiger charge is -2.19. The summed E-state index contributed by atoms with van der Waals surface area (Å²) in [6.45, 7) is 3.84. The molecule has 0 saturated heterocycles. The molecule has 0 fully saturated rings. The van der Waals surface area contributed by atoms with Crippen LogP contribution < -0.4 is 5.73 Å². The molecule has 10 heteroatoms. The molecule has 9 nitrogen and oxygen atoms in total. The second-order valence-electron chi connectivity index (χ2n) is 24.1. The number of unbranched alkanes of at least 4 members (excludes halogenated alkanes) is 55. The van der Waals surface area contributed by atoms with Crippen LogP contribution in [0.4, 0.5) is 0 Å². The third-order valence-corrected chi connectivity index (χ3v) is 17.2. The van der Waals surface area contributed by atoms with Crippen LogP contribution in [0.2, 0.25) is 0 Å². The summed E-state index contributed by atoms with van der Waals surface area (Å²) < 4.78 is 33.1. The maximum Gasteiger partial charge on any atom is 0.472 e. The molecule has 0 aliphatic rings. The first kappa shape index (κ1) is 77.0. The zero-order valence-corrected chi connectivity index (χ0v) is 53.3. The van der Waals surface area contributed by atoms with Crippen LogP contribution in [0, 0.1) is 0 Å². The Morgan fingerprint density at radius 1 is 0.333 bits per heavy atom. The molecule has 2 unspecified atom stereocenters. The minimum absolute atomic E-state index is 0.0587. The fourth-order valence-electron chi connectivity index (χ4n) is 11.1. The molecule has 0 aliphatic heterocycles. The van der Waals surface area contributed by atoms with Gasteiger partial charge in [0.05, 0.1) is 13.2 Å². The van der Waals surface area contributed by atoms with Crippen molar-refractivity contribution >= 4 is 19.8 Å². The molecular weight excluding hydrogens is 990 g/mol. The molecule has 0 radical (unpaired) electrons. The van der Waals surface area contributed by atoms with Crippen molar-refractivity contribution in [3.8, 4) is 0 Å². The molecule has 0 rings (SSSR count). The van der Waals surface area contributed by atoms with Gasteiger partial charge >= 0.3 is 19.8 Å². The molecule has 2 atom stereocenters. The second-order valence-corrected chi connectivity index (χ2v) is 25.6. The summed E-state index contributed by atoms with van der Waals surface area (Å²) in [5.41, 5.74) is 5.40. The molecule has 0 aromatic carbocycles. The van der Waals surface area contributed by atoms with E-state index in [0.29, 0.717) is 6.42 Å². The Hall–Kier alpha value is -0.990. The van der Waals surface area contributed by atoms with E-state index in [2.05, 4.69) is 13.8 Å². The van der Waals surface area contributed by atoms with Crippen molar-refractivity contribution in [2.24, 2.45) is 5.73 Å². The van der Waals surface area contributed by atoms with E-state index >= 15 is 0 Å². The molecule has 78 heavy (non-hydrogen) atoms. The number of hydrogen-bond acceptors (Lipinski definition) is 8. The van der Waals surface area contributed by atoms with Gasteiger partial charge in [-0.2, -0.15) is 0 Å². The molecule has 0 aromatic rings. The van der Waals surface area contributed by atoms with Gasteiger partial charge in [-0.1, -0.05) is 367 Å². The quantitative estimate of drug-likeness (QED) is 0.0347. The van der Waals surface area contributed by atoms with Crippen molar-refractivity contribution in [3.63, 3.8) is 0 Å². The smallest absolute Gasteiger partial charge is 0.462 e. The Kier molecular flexibility index (Phi) is 64.3. The Morgan fingerprint density at radius 3 is 0.782 bits per heavy atom. The maximum atomic E-state index is 12.7. The van der Waals surface area contributed by atoms with Crippen molar-refractivity contribution in [1.82, 2.24) is 0 Å². The molecule has 0 amide bonds. The molecule has 3 N–H and O–H groups in total. The maximum absolute atomic E-state index is 12.7. The van der Waals surface area contributed by atoms with Gasteiger partial charge in [0.25, 0.3) is 0 Å². The van der Waals surface area contributed by atoms with E-state index in [9.17, 15) is 19.0 Å². The minimum atomic E-state index is -4.38. The van der Waals surface area contributed by atoms with Crippen LogP contribution in [0.15, 0.2) is 0 Å². The van der Waals surface area contributed by atoms with Crippen molar-refractivity contribution < 1.29 is 37.6 Å². The standard InChI is InChI=1S/C68H136NO8P/c1-3-5-7-9-11-13-15-17-19-21-23-24-25-26-27-28-29-30-31-32-33-34-35-36-37-38-39-40-41-43-45-47-49-51-53-55-57-59-61-68(71)77-66(65-76-78(72,73)75-63-62-69)64-74-67(70)60-58-56-54-52-50-48-46-44-42-22-20-18-16-14-12-10-8-6-4-2/h66H,3-65,69H2,1-2H3,(H,72,73). The lowest BCUT2D eigenvalue weighted by Crippen LogP contribution is -2.29. The van der Waals surface area contributed by atoms with Gasteiger partial charge in [-0.15, -0.1) is 0 Å². The molecule has 466 valence electrons. The highest BCUT2D eigenvalue weighted by Crippen LogP contribution is 2.43. The zero-order chi connectivity index (χ0) is 56.6. The number of ether oxygens (including phenoxy) is 2. The molecule has 0 spiro atoms. The Balaban J connectivity index is 3.72. The van der Waals surface area contributed by atoms with Crippen molar-refractivity contribution in [3.05, 3.63) is 0 Å². The van der Waals surface area contributed by atoms with Crippen LogP contribution in [0.25, 0.3) is 0 Å². The summed E-state index contributed by atoms with van der Waals surface area (Å²) in [5.74, 6) is -0.799. The van der Waals surface area contributed by atoms with Crippen molar-refractivity contribution in [1.29, 1.82) is 0 Å². The molecule has 0 saturated carbocycles. The molecule has 0 bridgehead atoms. The van der Waals surface area contributed by atoms with Crippen molar-refractivity contribution in [2.45, 2.75) is 399 Å². The monoisotopic (exact) mass is 1130 g/mol. The molecule has 0 heterocycles. The number of rotatable bonds is 68. The van der Waals surface area contributed by atoms with Crippen LogP contribution in [-0.4, -0.2) is 49.3 Å². The predicted molar refractivity (Wildman–Crippen MR) is 335 cm³/mol. The number of carbonyl (C=O) groups is 2. The number of nitrogens with two attached hydrogens (primary N) is 1. The van der Waals surface area contributed by atoms with Crippen molar-refractivity contribution in [2.75, 3.05) is 26.4 Å². The Bertz CT molecular complexity index is 1240. The minimum Gasteiger partial charge on any atom is -0.462 e. The zero-order valence-electron chi connectivity index (χ0n) is 52.5. The number of hydrogen-bond donors (Lipinski definition) is 2. The van der Waals surface area contributed by atoms with Crippen LogP contribution >= 0.6 is 7.82 Å². The highest BCUT2D eigenvalue weighted by molar-refractivity contribution is 7.47. The van der Waals surface area contributed by atoms with Crippen LogP contribution in [-0.2, 0) is 32.7 Å². The lowest BCUT2D eigenvalue weighted by atomic mass is 10.0. The first-order valence-corrected chi connectivity index (χ1v) is 36.5. The normalized spacial score (nSPS) is 12.8. The van der Waals surface area contributed by atoms with Gasteiger partial charge in [0, 0.05) is 19.4 Å². The number of carbonyl (C=O) groups excluding carboxylic acids is 2. The van der Waals surface area contributed by atoms with E-state index in [1.807, 2.05) is 0 Å². The van der Waals surface area contributed by atoms with E-state index in [0.717, 1.165) is 32.1 Å². The SMILES string of the molecule is CCCCCCCCCCCCCCCCCCCCCCCCCCCCCCCCCCCCCCCCC(=O)OC(COC(=O)CCCCCCCCCCCCCCCCCCCCC)COP(=O)(O)OCCN. The number of esters is 2. The Labute approximate surface area is 486 Å². The largest absolute Gasteiger partial charge is 0.472 e. The number of phosphoric acid groups is 1. The van der Waals surface area contributed by atoms with Crippen LogP contribution in [0.5, 0.6) is 0 Å². The highest BCUT2D eigenvalue weighted by atomic mass is 31.2. The summed E-state index contributed by atoms with van der Waals surface area (Å²) in [7, 11) is -4.38. The number of phosphoric ester groups is 1. The van der Waals surface area contributed by atoms with Crippen LogP contribution in [0.3, 0.4) is 0 Å². The first-order valence-electron chi connectivity index (χ1n) is 35.0. The van der Waals surface area contributed by atoms with Gasteiger partial charge in [-0.05, 0) is 12.8 Å². The van der Waals surface area contributed by atoms with Gasteiger partial charge < -0.3 is 20.1 Å². The van der Waals surface area contributed by atoms with E-state index in [-0.39, 0.29) is 38.6 Å². The van der Waals surface area contributed by atoms with Gasteiger partial charge in [-0.25, -0.2) is 4.57 Å².